The van der Waals surface area contributed by atoms with E-state index in [-0.39, 0.29) is 0 Å². The molecule has 90 valence electrons. The zero-order chi connectivity index (χ0) is 11.2. The van der Waals surface area contributed by atoms with Crippen LogP contribution in [-0.4, -0.2) is 19.3 Å². The van der Waals surface area contributed by atoms with Gasteiger partial charge in [-0.05, 0) is 44.4 Å². The second-order valence-electron chi connectivity index (χ2n) is 4.35. The van der Waals surface area contributed by atoms with Crippen LogP contribution < -0.4 is 5.32 Å². The smallest absolute Gasteiger partial charge is 0.120 e. The van der Waals surface area contributed by atoms with Gasteiger partial charge in [-0.1, -0.05) is 6.92 Å². The Hall–Kier alpha value is -0.800. The Bertz CT molecular complexity index is 278. The SMILES string of the molecule is CCC(NCCC1CCCO1)c1ccco1. The van der Waals surface area contributed by atoms with E-state index in [9.17, 15) is 0 Å². The maximum Gasteiger partial charge on any atom is 0.120 e. The van der Waals surface area contributed by atoms with Gasteiger partial charge in [0.25, 0.3) is 0 Å². The molecule has 1 aromatic heterocycles. The van der Waals surface area contributed by atoms with E-state index in [1.807, 2.05) is 12.1 Å². The third-order valence-electron chi connectivity index (χ3n) is 3.18. The van der Waals surface area contributed by atoms with Crippen LogP contribution in [0.3, 0.4) is 0 Å². The Kier molecular flexibility index (Phi) is 4.43. The predicted molar refractivity (Wildman–Crippen MR) is 63.3 cm³/mol. The molecule has 1 aliphatic rings. The van der Waals surface area contributed by atoms with Gasteiger partial charge in [0.15, 0.2) is 0 Å². The van der Waals surface area contributed by atoms with E-state index < -0.39 is 0 Å². The number of ether oxygens (including phenoxy) is 1. The average Bonchev–Trinajstić information content (AvgIpc) is 2.96. The molecule has 1 N–H and O–H groups in total. The van der Waals surface area contributed by atoms with E-state index >= 15 is 0 Å². The Morgan fingerprint density at radius 1 is 1.56 bits per heavy atom. The first-order valence-corrected chi connectivity index (χ1v) is 6.28. The van der Waals surface area contributed by atoms with Crippen molar-refractivity contribution in [3.05, 3.63) is 24.2 Å². The van der Waals surface area contributed by atoms with Gasteiger partial charge in [-0.25, -0.2) is 0 Å². The van der Waals surface area contributed by atoms with Crippen LogP contribution in [0.25, 0.3) is 0 Å². The van der Waals surface area contributed by atoms with Crippen molar-refractivity contribution in [3.8, 4) is 0 Å². The van der Waals surface area contributed by atoms with Gasteiger partial charge in [-0.15, -0.1) is 0 Å². The van der Waals surface area contributed by atoms with Crippen LogP contribution in [0.15, 0.2) is 22.8 Å². The molecule has 1 aliphatic heterocycles. The molecule has 3 heteroatoms. The van der Waals surface area contributed by atoms with Crippen LogP contribution >= 0.6 is 0 Å². The first kappa shape index (κ1) is 11.7. The summed E-state index contributed by atoms with van der Waals surface area (Å²) in [6.45, 7) is 4.12. The highest BCUT2D eigenvalue weighted by molar-refractivity contribution is 5.03. The maximum atomic E-state index is 5.60. The van der Waals surface area contributed by atoms with Crippen LogP contribution in [0.2, 0.25) is 0 Å². The molecule has 2 unspecified atom stereocenters. The van der Waals surface area contributed by atoms with Crippen LogP contribution in [-0.2, 0) is 4.74 Å². The van der Waals surface area contributed by atoms with Gasteiger partial charge in [0.1, 0.15) is 5.76 Å². The minimum atomic E-state index is 0.344. The molecule has 0 aromatic carbocycles. The summed E-state index contributed by atoms with van der Waals surface area (Å²) in [6, 6.07) is 4.32. The van der Waals surface area contributed by atoms with Gasteiger partial charge in [0.2, 0.25) is 0 Å². The van der Waals surface area contributed by atoms with Crippen molar-refractivity contribution in [2.24, 2.45) is 0 Å². The van der Waals surface area contributed by atoms with Gasteiger partial charge < -0.3 is 14.5 Å². The molecule has 2 heterocycles. The van der Waals surface area contributed by atoms with Gasteiger partial charge in [-0.3, -0.25) is 0 Å². The van der Waals surface area contributed by atoms with Crippen molar-refractivity contribution in [2.45, 2.75) is 44.8 Å². The van der Waals surface area contributed by atoms with Crippen LogP contribution in [0.1, 0.15) is 44.4 Å². The largest absolute Gasteiger partial charge is 0.468 e. The van der Waals surface area contributed by atoms with Gasteiger partial charge in [-0.2, -0.15) is 0 Å². The highest BCUT2D eigenvalue weighted by atomic mass is 16.5. The highest BCUT2D eigenvalue weighted by Gasteiger charge is 2.16. The zero-order valence-corrected chi connectivity index (χ0v) is 9.95. The standard InChI is InChI=1S/C13H21NO2/c1-2-12(13-6-4-10-16-13)14-8-7-11-5-3-9-15-11/h4,6,10-12,14H,2-3,5,7-9H2,1H3. The molecule has 0 amide bonds. The molecule has 0 aliphatic carbocycles. The lowest BCUT2D eigenvalue weighted by atomic mass is 10.1. The summed E-state index contributed by atoms with van der Waals surface area (Å²) in [5.41, 5.74) is 0. The molecule has 0 radical (unpaired) electrons. The molecule has 16 heavy (non-hydrogen) atoms. The molecule has 0 bridgehead atoms. The molecule has 1 aromatic rings. The normalized spacial score (nSPS) is 22.4. The highest BCUT2D eigenvalue weighted by Crippen LogP contribution is 2.18. The molecule has 2 rings (SSSR count). The summed E-state index contributed by atoms with van der Waals surface area (Å²) in [5, 5.41) is 3.52. The fraction of sp³-hybridized carbons (Fsp3) is 0.692. The van der Waals surface area contributed by atoms with Gasteiger partial charge in [0, 0.05) is 6.61 Å². The lowest BCUT2D eigenvalue weighted by Crippen LogP contribution is -2.24. The molecule has 1 fully saturated rings. The molecular weight excluding hydrogens is 202 g/mol. The van der Waals surface area contributed by atoms with Crippen molar-refractivity contribution in [3.63, 3.8) is 0 Å². The fourth-order valence-electron chi connectivity index (χ4n) is 2.23. The minimum Gasteiger partial charge on any atom is -0.468 e. The van der Waals surface area contributed by atoms with Crippen LogP contribution in [0, 0.1) is 0 Å². The third kappa shape index (κ3) is 3.09. The number of nitrogens with one attached hydrogen (secondary N) is 1. The Balaban J connectivity index is 1.71. The molecule has 2 atom stereocenters. The van der Waals surface area contributed by atoms with E-state index in [2.05, 4.69) is 12.2 Å². The van der Waals surface area contributed by atoms with Crippen LogP contribution in [0.4, 0.5) is 0 Å². The lowest BCUT2D eigenvalue weighted by molar-refractivity contribution is 0.103. The van der Waals surface area contributed by atoms with Gasteiger partial charge >= 0.3 is 0 Å². The molecule has 1 saturated heterocycles. The molecule has 0 spiro atoms. The predicted octanol–water partition coefficient (Wildman–Crippen LogP) is 2.89. The molecule has 0 saturated carbocycles. The second-order valence-corrected chi connectivity index (χ2v) is 4.35. The van der Waals surface area contributed by atoms with E-state index in [1.165, 1.54) is 12.8 Å². The Morgan fingerprint density at radius 3 is 3.12 bits per heavy atom. The molecular formula is C13H21NO2. The van der Waals surface area contributed by atoms with Crippen molar-refractivity contribution in [1.82, 2.24) is 5.32 Å². The second kappa shape index (κ2) is 6.06. The van der Waals surface area contributed by atoms with Crippen LogP contribution in [0.5, 0.6) is 0 Å². The van der Waals surface area contributed by atoms with E-state index in [1.54, 1.807) is 6.26 Å². The monoisotopic (exact) mass is 223 g/mol. The summed E-state index contributed by atoms with van der Waals surface area (Å²) < 4.78 is 11.0. The van der Waals surface area contributed by atoms with Crippen molar-refractivity contribution >= 4 is 0 Å². The Labute approximate surface area is 97.2 Å². The minimum absolute atomic E-state index is 0.344. The van der Waals surface area contributed by atoms with E-state index in [0.717, 1.165) is 31.8 Å². The Morgan fingerprint density at radius 2 is 2.50 bits per heavy atom. The average molecular weight is 223 g/mol. The number of hydrogen-bond acceptors (Lipinski definition) is 3. The molecule has 3 nitrogen and oxygen atoms in total. The first-order chi connectivity index (χ1) is 7.90. The summed E-state index contributed by atoms with van der Waals surface area (Å²) in [7, 11) is 0. The summed E-state index contributed by atoms with van der Waals surface area (Å²) in [6.07, 6.45) is 6.82. The lowest BCUT2D eigenvalue weighted by Gasteiger charge is -2.16. The number of hydrogen-bond donors (Lipinski definition) is 1. The van der Waals surface area contributed by atoms with Gasteiger partial charge in [0.05, 0.1) is 18.4 Å². The third-order valence-corrected chi connectivity index (χ3v) is 3.18. The van der Waals surface area contributed by atoms with E-state index in [0.29, 0.717) is 12.1 Å². The maximum absolute atomic E-state index is 5.60. The summed E-state index contributed by atoms with van der Waals surface area (Å²) in [4.78, 5) is 0. The fourth-order valence-corrected chi connectivity index (χ4v) is 2.23. The van der Waals surface area contributed by atoms with Crippen molar-refractivity contribution in [2.75, 3.05) is 13.2 Å². The van der Waals surface area contributed by atoms with Crippen molar-refractivity contribution in [1.29, 1.82) is 0 Å². The summed E-state index contributed by atoms with van der Waals surface area (Å²) >= 11 is 0. The number of rotatable bonds is 6. The summed E-state index contributed by atoms with van der Waals surface area (Å²) in [5.74, 6) is 1.04. The topological polar surface area (TPSA) is 34.4 Å². The van der Waals surface area contributed by atoms with E-state index in [4.69, 9.17) is 9.15 Å². The first-order valence-electron chi connectivity index (χ1n) is 6.28. The van der Waals surface area contributed by atoms with Crippen molar-refractivity contribution < 1.29 is 9.15 Å². The quantitative estimate of drug-likeness (QED) is 0.805. The zero-order valence-electron chi connectivity index (χ0n) is 9.95. The number of furan rings is 1.